The highest BCUT2D eigenvalue weighted by Crippen LogP contribution is 2.22. The molecule has 0 atom stereocenters. The van der Waals surface area contributed by atoms with Crippen molar-refractivity contribution in [3.63, 3.8) is 0 Å². The summed E-state index contributed by atoms with van der Waals surface area (Å²) >= 11 is 6.40. The van der Waals surface area contributed by atoms with E-state index in [2.05, 4.69) is 15.0 Å². The fraction of sp³-hybridized carbons (Fsp3) is 0.263. The third-order valence-electron chi connectivity index (χ3n) is 4.13. The maximum absolute atomic E-state index is 13.2. The Balaban J connectivity index is 1.84. The Morgan fingerprint density at radius 1 is 1.00 bits per heavy atom. The van der Waals surface area contributed by atoms with Crippen molar-refractivity contribution in [3.8, 4) is 0 Å². The molecule has 0 aliphatic rings. The summed E-state index contributed by atoms with van der Waals surface area (Å²) in [5.74, 6) is -0.226. The molecule has 0 N–H and O–H groups in total. The van der Waals surface area contributed by atoms with Crippen LogP contribution in [0.3, 0.4) is 0 Å². The van der Waals surface area contributed by atoms with Crippen LogP contribution in [0.5, 0.6) is 0 Å². The van der Waals surface area contributed by atoms with Gasteiger partial charge >= 0.3 is 0 Å². The van der Waals surface area contributed by atoms with Gasteiger partial charge in [0.25, 0.3) is 0 Å². The zero-order valence-corrected chi connectivity index (χ0v) is 15.0. The second-order valence-electron chi connectivity index (χ2n) is 6.11. The van der Waals surface area contributed by atoms with Gasteiger partial charge in [0.1, 0.15) is 11.0 Å². The number of aryl methyl sites for hydroxylation is 2. The Kier molecular flexibility index (Phi) is 5.46. The molecule has 0 unspecified atom stereocenters. The largest absolute Gasteiger partial charge is 0.290 e. The number of nitrogens with zero attached hydrogens (tertiary/aromatic N) is 4. The van der Waals surface area contributed by atoms with Crippen LogP contribution in [0.4, 0.5) is 4.39 Å². The molecule has 130 valence electrons. The van der Waals surface area contributed by atoms with E-state index in [0.717, 1.165) is 28.9 Å². The normalized spacial score (nSPS) is 11.2. The van der Waals surface area contributed by atoms with Crippen LogP contribution in [0.1, 0.15) is 22.4 Å². The van der Waals surface area contributed by atoms with Gasteiger partial charge in [-0.2, -0.15) is 5.10 Å². The predicted molar refractivity (Wildman–Crippen MR) is 96.5 cm³/mol. The summed E-state index contributed by atoms with van der Waals surface area (Å²) in [7, 11) is 1.84. The van der Waals surface area contributed by atoms with Crippen molar-refractivity contribution >= 4 is 11.6 Å². The van der Waals surface area contributed by atoms with Crippen LogP contribution < -0.4 is 0 Å². The van der Waals surface area contributed by atoms with E-state index in [4.69, 9.17) is 11.6 Å². The first-order valence-electron chi connectivity index (χ1n) is 8.06. The molecular formula is C19H20ClFN4. The molecule has 0 fully saturated rings. The molecule has 2 aromatic heterocycles. The third kappa shape index (κ3) is 4.44. The molecule has 3 aromatic rings. The zero-order valence-electron chi connectivity index (χ0n) is 14.3. The minimum absolute atomic E-state index is 0.226. The lowest BCUT2D eigenvalue weighted by molar-refractivity contribution is 0.247. The van der Waals surface area contributed by atoms with E-state index in [9.17, 15) is 4.39 Å². The molecule has 0 aliphatic carbocycles. The molecule has 0 aliphatic heterocycles. The monoisotopic (exact) mass is 358 g/mol. The second kappa shape index (κ2) is 7.76. The van der Waals surface area contributed by atoms with Crippen LogP contribution >= 0.6 is 11.6 Å². The zero-order chi connectivity index (χ0) is 17.8. The van der Waals surface area contributed by atoms with Crippen LogP contribution in [-0.2, 0) is 26.7 Å². The Labute approximate surface area is 151 Å². The summed E-state index contributed by atoms with van der Waals surface area (Å²) < 4.78 is 14.9. The van der Waals surface area contributed by atoms with Gasteiger partial charge in [-0.3, -0.25) is 14.6 Å². The number of aromatic nitrogens is 3. The number of pyridine rings is 1. The minimum Gasteiger partial charge on any atom is -0.290 e. The van der Waals surface area contributed by atoms with Gasteiger partial charge in [0.05, 0.1) is 5.69 Å². The van der Waals surface area contributed by atoms with Gasteiger partial charge in [-0.25, -0.2) is 4.39 Å². The summed E-state index contributed by atoms with van der Waals surface area (Å²) in [6.45, 7) is 4.06. The van der Waals surface area contributed by atoms with Crippen LogP contribution in [0, 0.1) is 12.7 Å². The highest BCUT2D eigenvalue weighted by atomic mass is 35.5. The van der Waals surface area contributed by atoms with Crippen LogP contribution in [0.25, 0.3) is 0 Å². The number of benzene rings is 1. The topological polar surface area (TPSA) is 34.0 Å². The van der Waals surface area contributed by atoms with E-state index in [-0.39, 0.29) is 5.82 Å². The molecule has 0 radical (unpaired) electrons. The molecule has 3 rings (SSSR count). The lowest BCUT2D eigenvalue weighted by Crippen LogP contribution is -2.23. The summed E-state index contributed by atoms with van der Waals surface area (Å²) in [6, 6.07) is 10.6. The lowest BCUT2D eigenvalue weighted by atomic mass is 10.1. The van der Waals surface area contributed by atoms with Crippen molar-refractivity contribution in [2.75, 3.05) is 0 Å². The van der Waals surface area contributed by atoms with Crippen LogP contribution in [0.2, 0.25) is 5.15 Å². The first-order chi connectivity index (χ1) is 12.0. The Hall–Kier alpha value is -2.24. The highest BCUT2D eigenvalue weighted by Gasteiger charge is 2.16. The number of rotatable bonds is 6. The minimum atomic E-state index is -0.226. The molecular weight excluding hydrogens is 339 g/mol. The van der Waals surface area contributed by atoms with Gasteiger partial charge in [-0.1, -0.05) is 23.7 Å². The fourth-order valence-electron chi connectivity index (χ4n) is 2.84. The van der Waals surface area contributed by atoms with Crippen molar-refractivity contribution < 1.29 is 4.39 Å². The summed E-state index contributed by atoms with van der Waals surface area (Å²) in [5, 5.41) is 5.04. The summed E-state index contributed by atoms with van der Waals surface area (Å²) in [4.78, 5) is 6.33. The molecule has 4 nitrogen and oxygen atoms in total. The first-order valence-corrected chi connectivity index (χ1v) is 8.44. The van der Waals surface area contributed by atoms with Crippen LogP contribution in [-0.4, -0.2) is 19.7 Å². The van der Waals surface area contributed by atoms with E-state index in [1.165, 1.54) is 12.1 Å². The molecule has 0 spiro atoms. The van der Waals surface area contributed by atoms with E-state index in [1.807, 2.05) is 38.2 Å². The lowest BCUT2D eigenvalue weighted by Gasteiger charge is -2.22. The highest BCUT2D eigenvalue weighted by molar-refractivity contribution is 6.30. The summed E-state index contributed by atoms with van der Waals surface area (Å²) in [6.07, 6.45) is 3.57. The summed E-state index contributed by atoms with van der Waals surface area (Å²) in [5.41, 5.74) is 4.15. The third-order valence-corrected chi connectivity index (χ3v) is 4.60. The van der Waals surface area contributed by atoms with Crippen molar-refractivity contribution in [2.45, 2.75) is 26.6 Å². The van der Waals surface area contributed by atoms with Gasteiger partial charge in [0, 0.05) is 44.6 Å². The first kappa shape index (κ1) is 17.6. The average molecular weight is 359 g/mol. The van der Waals surface area contributed by atoms with Gasteiger partial charge in [0.2, 0.25) is 0 Å². The average Bonchev–Trinajstić information content (AvgIpc) is 2.84. The number of hydrogen-bond donors (Lipinski definition) is 0. The fourth-order valence-corrected chi connectivity index (χ4v) is 3.07. The van der Waals surface area contributed by atoms with E-state index in [1.54, 1.807) is 17.1 Å². The van der Waals surface area contributed by atoms with E-state index >= 15 is 0 Å². The Morgan fingerprint density at radius 2 is 1.60 bits per heavy atom. The van der Waals surface area contributed by atoms with Gasteiger partial charge in [0.15, 0.2) is 0 Å². The molecule has 2 heterocycles. The van der Waals surface area contributed by atoms with Gasteiger partial charge in [-0.15, -0.1) is 0 Å². The van der Waals surface area contributed by atoms with Crippen molar-refractivity contribution in [1.29, 1.82) is 0 Å². The van der Waals surface area contributed by atoms with E-state index < -0.39 is 0 Å². The molecule has 0 saturated carbocycles. The predicted octanol–water partition coefficient (Wildman–Crippen LogP) is 4.12. The Bertz CT molecular complexity index is 831. The smallest absolute Gasteiger partial charge is 0.131 e. The van der Waals surface area contributed by atoms with Crippen molar-refractivity contribution in [1.82, 2.24) is 19.7 Å². The van der Waals surface area contributed by atoms with Gasteiger partial charge in [-0.05, 0) is 42.3 Å². The number of halogens is 2. The molecule has 0 bridgehead atoms. The Morgan fingerprint density at radius 3 is 2.16 bits per heavy atom. The molecule has 25 heavy (non-hydrogen) atoms. The van der Waals surface area contributed by atoms with Gasteiger partial charge < -0.3 is 0 Å². The SMILES string of the molecule is Cc1nn(C)c(Cl)c1CN(Cc1ccncc1)Cc1ccc(F)cc1. The molecule has 1 aromatic carbocycles. The quantitative estimate of drug-likeness (QED) is 0.664. The van der Waals surface area contributed by atoms with Crippen molar-refractivity contribution in [2.24, 2.45) is 7.05 Å². The maximum atomic E-state index is 13.2. The standard InChI is InChI=1S/C19H20ClFN4/c1-14-18(19(20)24(2)23-14)13-25(12-16-7-9-22-10-8-16)11-15-3-5-17(21)6-4-15/h3-10H,11-13H2,1-2H3. The van der Waals surface area contributed by atoms with Crippen LogP contribution in [0.15, 0.2) is 48.8 Å². The molecule has 0 amide bonds. The number of hydrogen-bond acceptors (Lipinski definition) is 3. The molecule has 6 heteroatoms. The maximum Gasteiger partial charge on any atom is 0.131 e. The van der Waals surface area contributed by atoms with E-state index in [0.29, 0.717) is 18.2 Å². The molecule has 0 saturated heterocycles. The van der Waals surface area contributed by atoms with Crippen molar-refractivity contribution in [3.05, 3.63) is 82.1 Å². The second-order valence-corrected chi connectivity index (χ2v) is 6.46.